The highest BCUT2D eigenvalue weighted by Gasteiger charge is 2.14. The number of methoxy groups -OCH3 is 1. The van der Waals surface area contributed by atoms with E-state index < -0.39 is 11.6 Å². The minimum atomic E-state index is -0.492. The molecule has 2 aromatic heterocycles. The fraction of sp³-hybridized carbons (Fsp3) is 0.0833. The third-order valence-corrected chi connectivity index (χ3v) is 5.40. The molecule has 0 N–H and O–H groups in total. The second kappa shape index (κ2) is 8.88. The van der Waals surface area contributed by atoms with E-state index in [0.717, 1.165) is 5.39 Å². The fourth-order valence-corrected chi connectivity index (χ4v) is 3.87. The van der Waals surface area contributed by atoms with Gasteiger partial charge in [-0.3, -0.25) is 4.79 Å². The molecule has 7 nitrogen and oxygen atoms in total. The molecule has 8 heteroatoms. The van der Waals surface area contributed by atoms with Gasteiger partial charge < -0.3 is 13.9 Å². The lowest BCUT2D eigenvalue weighted by atomic mass is 10.1. The topological polar surface area (TPSA) is 102 Å². The Morgan fingerprint density at radius 1 is 1.19 bits per heavy atom. The summed E-state index contributed by atoms with van der Waals surface area (Å²) in [6.45, 7) is 1.30. The Balaban J connectivity index is 1.69. The van der Waals surface area contributed by atoms with Crippen LogP contribution >= 0.6 is 11.3 Å². The Labute approximate surface area is 186 Å². The van der Waals surface area contributed by atoms with Crippen molar-refractivity contribution in [3.63, 3.8) is 0 Å². The summed E-state index contributed by atoms with van der Waals surface area (Å²) in [5.74, 6) is 0.188. The van der Waals surface area contributed by atoms with Crippen LogP contribution < -0.4 is 15.1 Å². The number of nitrogens with zero attached hydrogens (tertiary/aromatic N) is 2. The van der Waals surface area contributed by atoms with Crippen molar-refractivity contribution in [3.8, 4) is 28.8 Å². The van der Waals surface area contributed by atoms with Crippen LogP contribution in [0.5, 0.6) is 11.5 Å². The zero-order valence-electron chi connectivity index (χ0n) is 17.1. The van der Waals surface area contributed by atoms with E-state index in [0.29, 0.717) is 38.7 Å². The highest BCUT2D eigenvalue weighted by Crippen LogP contribution is 2.31. The van der Waals surface area contributed by atoms with Crippen LogP contribution in [0.4, 0.5) is 0 Å². The number of rotatable bonds is 5. The predicted molar refractivity (Wildman–Crippen MR) is 121 cm³/mol. The molecule has 158 valence electrons. The minimum Gasteiger partial charge on any atom is -0.493 e. The molecule has 0 aliphatic carbocycles. The van der Waals surface area contributed by atoms with Crippen molar-refractivity contribution in [2.75, 3.05) is 7.11 Å². The van der Waals surface area contributed by atoms with Gasteiger partial charge in [0.15, 0.2) is 11.5 Å². The van der Waals surface area contributed by atoms with Gasteiger partial charge in [0, 0.05) is 17.7 Å². The van der Waals surface area contributed by atoms with Crippen molar-refractivity contribution >= 4 is 39.9 Å². The number of thiazole rings is 1. The van der Waals surface area contributed by atoms with Crippen molar-refractivity contribution in [1.29, 1.82) is 5.26 Å². The van der Waals surface area contributed by atoms with E-state index >= 15 is 0 Å². The smallest absolute Gasteiger partial charge is 0.345 e. The van der Waals surface area contributed by atoms with Gasteiger partial charge in [-0.25, -0.2) is 9.78 Å². The van der Waals surface area contributed by atoms with Gasteiger partial charge in [-0.05, 0) is 35.9 Å². The SMILES string of the molecule is COc1cc(/C=C(\C#N)c2nc(-c3cc4ccccc4oc3=O)cs2)ccc1OC(C)=O. The normalized spacial score (nSPS) is 11.2. The van der Waals surface area contributed by atoms with E-state index in [4.69, 9.17) is 13.9 Å². The molecule has 0 spiro atoms. The van der Waals surface area contributed by atoms with E-state index in [-0.39, 0.29) is 5.75 Å². The summed E-state index contributed by atoms with van der Waals surface area (Å²) >= 11 is 1.25. The molecule has 0 atom stereocenters. The summed E-state index contributed by atoms with van der Waals surface area (Å²) in [5, 5.41) is 12.6. The van der Waals surface area contributed by atoms with Gasteiger partial charge in [0.2, 0.25) is 0 Å². The van der Waals surface area contributed by atoms with Gasteiger partial charge in [-0.1, -0.05) is 24.3 Å². The lowest BCUT2D eigenvalue weighted by Crippen LogP contribution is -2.03. The molecule has 0 aliphatic rings. The molecule has 32 heavy (non-hydrogen) atoms. The average molecular weight is 444 g/mol. The van der Waals surface area contributed by atoms with Gasteiger partial charge in [0.25, 0.3) is 0 Å². The standard InChI is InChI=1S/C24H16N2O5S/c1-14(27)30-21-8-7-15(10-22(21)29-2)9-17(12-25)23-26-19(13-32-23)18-11-16-5-3-4-6-20(16)31-24(18)28/h3-11,13H,1-2H3/b17-9+. The molecule has 2 aromatic carbocycles. The lowest BCUT2D eigenvalue weighted by Gasteiger charge is -2.08. The maximum atomic E-state index is 12.4. The second-order valence-corrected chi connectivity index (χ2v) is 7.56. The van der Waals surface area contributed by atoms with Crippen LogP contribution in [0.3, 0.4) is 0 Å². The van der Waals surface area contributed by atoms with Crippen LogP contribution in [-0.2, 0) is 4.79 Å². The van der Waals surface area contributed by atoms with E-state index in [2.05, 4.69) is 11.1 Å². The monoisotopic (exact) mass is 444 g/mol. The summed E-state index contributed by atoms with van der Waals surface area (Å²) in [4.78, 5) is 28.1. The third-order valence-electron chi connectivity index (χ3n) is 4.52. The highest BCUT2D eigenvalue weighted by atomic mass is 32.1. The summed E-state index contributed by atoms with van der Waals surface area (Å²) in [5.41, 5.74) is 1.75. The van der Waals surface area contributed by atoms with Crippen LogP contribution in [0.25, 0.3) is 33.9 Å². The van der Waals surface area contributed by atoms with Crippen LogP contribution in [0.1, 0.15) is 17.5 Å². The van der Waals surface area contributed by atoms with Crippen molar-refractivity contribution in [3.05, 3.63) is 74.9 Å². The van der Waals surface area contributed by atoms with Crippen molar-refractivity contribution in [2.45, 2.75) is 6.92 Å². The molecule has 0 radical (unpaired) electrons. The van der Waals surface area contributed by atoms with Gasteiger partial charge in [-0.2, -0.15) is 5.26 Å². The molecule has 0 unspecified atom stereocenters. The number of benzene rings is 2. The molecule has 4 aromatic rings. The van der Waals surface area contributed by atoms with Crippen molar-refractivity contribution < 1.29 is 18.7 Å². The minimum absolute atomic E-state index is 0.287. The van der Waals surface area contributed by atoms with E-state index in [9.17, 15) is 14.9 Å². The van der Waals surface area contributed by atoms with Crippen LogP contribution in [0.2, 0.25) is 0 Å². The first-order chi connectivity index (χ1) is 15.5. The van der Waals surface area contributed by atoms with Gasteiger partial charge in [0.1, 0.15) is 16.7 Å². The third kappa shape index (κ3) is 4.29. The largest absolute Gasteiger partial charge is 0.493 e. The molecular formula is C24H16N2O5S. The Morgan fingerprint density at radius 3 is 2.75 bits per heavy atom. The zero-order valence-corrected chi connectivity index (χ0v) is 17.9. The van der Waals surface area contributed by atoms with Gasteiger partial charge >= 0.3 is 11.6 Å². The van der Waals surface area contributed by atoms with E-state index in [1.807, 2.05) is 12.1 Å². The molecule has 4 rings (SSSR count). The fourth-order valence-electron chi connectivity index (χ4n) is 3.08. The molecule has 0 saturated heterocycles. The average Bonchev–Trinajstić information content (AvgIpc) is 3.27. The highest BCUT2D eigenvalue weighted by molar-refractivity contribution is 7.11. The Kier molecular flexibility index (Phi) is 5.83. The van der Waals surface area contributed by atoms with Gasteiger partial charge in [0.05, 0.1) is 23.9 Å². The summed E-state index contributed by atoms with van der Waals surface area (Å²) in [6, 6.07) is 16.0. The van der Waals surface area contributed by atoms with Crippen LogP contribution in [-0.4, -0.2) is 18.1 Å². The number of carbonyl (C=O) groups is 1. The summed E-state index contributed by atoms with van der Waals surface area (Å²) in [7, 11) is 1.46. The molecule has 0 amide bonds. The number of hydrogen-bond donors (Lipinski definition) is 0. The van der Waals surface area contributed by atoms with E-state index in [1.54, 1.807) is 47.9 Å². The molecule has 2 heterocycles. The van der Waals surface area contributed by atoms with Gasteiger partial charge in [-0.15, -0.1) is 11.3 Å². The number of para-hydroxylation sites is 1. The van der Waals surface area contributed by atoms with Crippen molar-refractivity contribution in [2.24, 2.45) is 0 Å². The number of aromatic nitrogens is 1. The lowest BCUT2D eigenvalue weighted by molar-refractivity contribution is -0.132. The zero-order chi connectivity index (χ0) is 22.7. The molecule has 0 bridgehead atoms. The number of ether oxygens (including phenoxy) is 2. The molecular weight excluding hydrogens is 428 g/mol. The summed E-state index contributed by atoms with van der Waals surface area (Å²) < 4.78 is 15.8. The maximum Gasteiger partial charge on any atom is 0.345 e. The summed E-state index contributed by atoms with van der Waals surface area (Å²) in [6.07, 6.45) is 1.64. The first-order valence-corrected chi connectivity index (χ1v) is 10.3. The quantitative estimate of drug-likeness (QED) is 0.186. The molecule has 0 aliphatic heterocycles. The Morgan fingerprint density at radius 2 is 2.00 bits per heavy atom. The second-order valence-electron chi connectivity index (χ2n) is 6.70. The van der Waals surface area contributed by atoms with E-state index in [1.165, 1.54) is 25.4 Å². The van der Waals surface area contributed by atoms with Crippen molar-refractivity contribution in [1.82, 2.24) is 4.98 Å². The maximum absolute atomic E-state index is 12.4. The first kappa shape index (κ1) is 21.0. The first-order valence-electron chi connectivity index (χ1n) is 9.46. The molecule has 0 fully saturated rings. The number of esters is 1. The number of nitriles is 1. The number of carbonyl (C=O) groups excluding carboxylic acids is 1. The predicted octanol–water partition coefficient (Wildman–Crippen LogP) is 4.91. The number of fused-ring (bicyclic) bond motifs is 1. The number of allylic oxidation sites excluding steroid dienone is 1. The Bertz CT molecular complexity index is 1460. The number of hydrogen-bond acceptors (Lipinski definition) is 8. The Hall–Kier alpha value is -4.22. The van der Waals surface area contributed by atoms with Crippen LogP contribution in [0, 0.1) is 11.3 Å². The van der Waals surface area contributed by atoms with Crippen LogP contribution in [0.15, 0.2) is 63.1 Å². The molecule has 0 saturated carbocycles.